The number of piperidine rings is 1. The maximum absolute atomic E-state index is 13.0. The molecule has 1 aromatic heterocycles. The lowest BCUT2D eigenvalue weighted by molar-refractivity contribution is 0.0782. The smallest absolute Gasteiger partial charge is 0.184 e. The van der Waals surface area contributed by atoms with Crippen molar-refractivity contribution in [1.29, 1.82) is 0 Å². The molecule has 3 rings (SSSR count). The first kappa shape index (κ1) is 14.0. The molecule has 1 fully saturated rings. The minimum Gasteiger partial charge on any atom is -0.292 e. The number of carbonyl (C=O) groups is 1. The van der Waals surface area contributed by atoms with Gasteiger partial charge in [-0.3, -0.25) is 14.7 Å². The van der Waals surface area contributed by atoms with Crippen molar-refractivity contribution in [2.45, 2.75) is 25.3 Å². The Balaban J connectivity index is 1.94. The third-order valence-electron chi connectivity index (χ3n) is 4.08. The Kier molecular flexibility index (Phi) is 4.41. The van der Waals surface area contributed by atoms with Crippen LogP contribution in [0.15, 0.2) is 54.9 Å². The number of pyridine rings is 1. The van der Waals surface area contributed by atoms with Gasteiger partial charge in [0.25, 0.3) is 0 Å². The van der Waals surface area contributed by atoms with Crippen LogP contribution >= 0.6 is 0 Å². The SMILES string of the molecule is O=C(c1ccccc1)C(c1ccncc1)N1CCCCC1. The number of likely N-dealkylation sites (tertiary alicyclic amines) is 1. The molecule has 1 unspecified atom stereocenters. The number of rotatable bonds is 4. The van der Waals surface area contributed by atoms with Crippen molar-refractivity contribution in [3.05, 3.63) is 66.0 Å². The number of ketones is 1. The van der Waals surface area contributed by atoms with E-state index >= 15 is 0 Å². The minimum absolute atomic E-state index is 0.184. The largest absolute Gasteiger partial charge is 0.292 e. The fourth-order valence-electron chi connectivity index (χ4n) is 3.01. The Morgan fingerprint density at radius 1 is 0.952 bits per heavy atom. The van der Waals surface area contributed by atoms with E-state index in [4.69, 9.17) is 0 Å². The molecule has 0 saturated carbocycles. The molecule has 1 saturated heterocycles. The van der Waals surface area contributed by atoms with Crippen molar-refractivity contribution in [2.24, 2.45) is 0 Å². The van der Waals surface area contributed by atoms with E-state index in [9.17, 15) is 4.79 Å². The number of benzene rings is 1. The van der Waals surface area contributed by atoms with E-state index in [0.717, 1.165) is 24.2 Å². The summed E-state index contributed by atoms with van der Waals surface area (Å²) >= 11 is 0. The molecule has 2 aromatic rings. The number of aromatic nitrogens is 1. The lowest BCUT2D eigenvalue weighted by Gasteiger charge is -2.33. The first-order valence-electron chi connectivity index (χ1n) is 7.59. The van der Waals surface area contributed by atoms with Gasteiger partial charge in [-0.25, -0.2) is 0 Å². The summed E-state index contributed by atoms with van der Waals surface area (Å²) in [6.45, 7) is 1.98. The summed E-state index contributed by atoms with van der Waals surface area (Å²) in [5.41, 5.74) is 1.82. The van der Waals surface area contributed by atoms with E-state index in [1.165, 1.54) is 19.3 Å². The quantitative estimate of drug-likeness (QED) is 0.804. The molecule has 21 heavy (non-hydrogen) atoms. The Labute approximate surface area is 125 Å². The van der Waals surface area contributed by atoms with Gasteiger partial charge in [0.1, 0.15) is 0 Å². The molecule has 1 atom stereocenters. The fourth-order valence-corrected chi connectivity index (χ4v) is 3.01. The van der Waals surface area contributed by atoms with Crippen LogP contribution < -0.4 is 0 Å². The van der Waals surface area contributed by atoms with Crippen LogP contribution in [0, 0.1) is 0 Å². The van der Waals surface area contributed by atoms with E-state index in [2.05, 4.69) is 9.88 Å². The second-order valence-corrected chi connectivity index (χ2v) is 5.51. The molecule has 1 aliphatic heterocycles. The van der Waals surface area contributed by atoms with Crippen LogP contribution in [0.4, 0.5) is 0 Å². The maximum Gasteiger partial charge on any atom is 0.184 e. The Hall–Kier alpha value is -2.00. The van der Waals surface area contributed by atoms with Crippen LogP contribution in [0.25, 0.3) is 0 Å². The highest BCUT2D eigenvalue weighted by atomic mass is 16.1. The van der Waals surface area contributed by atoms with Gasteiger partial charge >= 0.3 is 0 Å². The molecule has 0 bridgehead atoms. The zero-order chi connectivity index (χ0) is 14.5. The summed E-state index contributed by atoms with van der Waals surface area (Å²) < 4.78 is 0. The maximum atomic E-state index is 13.0. The Morgan fingerprint density at radius 3 is 2.29 bits per heavy atom. The first-order chi connectivity index (χ1) is 10.4. The Bertz CT molecular complexity index is 577. The summed E-state index contributed by atoms with van der Waals surface area (Å²) in [6.07, 6.45) is 7.14. The molecule has 108 valence electrons. The van der Waals surface area contributed by atoms with Crippen LogP contribution in [-0.4, -0.2) is 28.8 Å². The lowest BCUT2D eigenvalue weighted by Crippen LogP contribution is -2.38. The van der Waals surface area contributed by atoms with Gasteiger partial charge in [-0.15, -0.1) is 0 Å². The summed E-state index contributed by atoms with van der Waals surface area (Å²) in [4.78, 5) is 19.4. The van der Waals surface area contributed by atoms with Crippen molar-refractivity contribution in [3.63, 3.8) is 0 Å². The van der Waals surface area contributed by atoms with Crippen LogP contribution in [-0.2, 0) is 0 Å². The number of hydrogen-bond donors (Lipinski definition) is 0. The summed E-state index contributed by atoms with van der Waals surface area (Å²) in [7, 11) is 0. The van der Waals surface area contributed by atoms with E-state index in [0.29, 0.717) is 0 Å². The number of hydrogen-bond acceptors (Lipinski definition) is 3. The predicted octanol–water partition coefficient (Wildman–Crippen LogP) is 3.49. The van der Waals surface area contributed by atoms with Gasteiger partial charge < -0.3 is 0 Å². The third-order valence-corrected chi connectivity index (χ3v) is 4.08. The molecule has 3 heteroatoms. The zero-order valence-electron chi connectivity index (χ0n) is 12.1. The second kappa shape index (κ2) is 6.64. The topological polar surface area (TPSA) is 33.2 Å². The molecule has 0 N–H and O–H groups in total. The van der Waals surface area contributed by atoms with Gasteiger partial charge in [-0.1, -0.05) is 36.8 Å². The molecule has 0 amide bonds. The monoisotopic (exact) mass is 280 g/mol. The molecule has 2 heterocycles. The molecular weight excluding hydrogens is 260 g/mol. The van der Waals surface area contributed by atoms with Gasteiger partial charge in [0.15, 0.2) is 5.78 Å². The van der Waals surface area contributed by atoms with Crippen LogP contribution in [0.5, 0.6) is 0 Å². The fraction of sp³-hybridized carbons (Fsp3) is 0.333. The molecule has 0 spiro atoms. The van der Waals surface area contributed by atoms with E-state index < -0.39 is 0 Å². The number of Topliss-reactive ketones (excluding diaryl/α,β-unsaturated/α-hetero) is 1. The van der Waals surface area contributed by atoms with Gasteiger partial charge in [0.05, 0.1) is 6.04 Å². The van der Waals surface area contributed by atoms with Gasteiger partial charge in [-0.05, 0) is 43.6 Å². The highest BCUT2D eigenvalue weighted by Gasteiger charge is 2.29. The lowest BCUT2D eigenvalue weighted by atomic mass is 9.95. The minimum atomic E-state index is -0.185. The van der Waals surface area contributed by atoms with E-state index in [1.54, 1.807) is 12.4 Å². The average Bonchev–Trinajstić information content (AvgIpc) is 2.58. The predicted molar refractivity (Wildman–Crippen MR) is 83.2 cm³/mol. The van der Waals surface area contributed by atoms with E-state index in [-0.39, 0.29) is 11.8 Å². The average molecular weight is 280 g/mol. The first-order valence-corrected chi connectivity index (χ1v) is 7.59. The van der Waals surface area contributed by atoms with Crippen molar-refractivity contribution in [1.82, 2.24) is 9.88 Å². The summed E-state index contributed by atoms with van der Waals surface area (Å²) in [5.74, 6) is 0.184. The standard InChI is InChI=1S/C18H20N2O/c21-18(16-7-3-1-4-8-16)17(15-9-11-19-12-10-15)20-13-5-2-6-14-20/h1,3-4,7-12,17H,2,5-6,13-14H2. The summed E-state index contributed by atoms with van der Waals surface area (Å²) in [5, 5.41) is 0. The number of nitrogens with zero attached hydrogens (tertiary/aromatic N) is 2. The number of carbonyl (C=O) groups excluding carboxylic acids is 1. The van der Waals surface area contributed by atoms with E-state index in [1.807, 2.05) is 42.5 Å². The van der Waals surface area contributed by atoms with Crippen molar-refractivity contribution >= 4 is 5.78 Å². The van der Waals surface area contributed by atoms with Gasteiger partial charge in [-0.2, -0.15) is 0 Å². The molecule has 0 radical (unpaired) electrons. The molecule has 1 aromatic carbocycles. The van der Waals surface area contributed by atoms with Gasteiger partial charge in [0, 0.05) is 18.0 Å². The van der Waals surface area contributed by atoms with Crippen LogP contribution in [0.3, 0.4) is 0 Å². The highest BCUT2D eigenvalue weighted by Crippen LogP contribution is 2.27. The van der Waals surface area contributed by atoms with Gasteiger partial charge in [0.2, 0.25) is 0 Å². The van der Waals surface area contributed by atoms with Crippen molar-refractivity contribution in [3.8, 4) is 0 Å². The molecule has 3 nitrogen and oxygen atoms in total. The molecule has 1 aliphatic rings. The Morgan fingerprint density at radius 2 is 1.62 bits per heavy atom. The highest BCUT2D eigenvalue weighted by molar-refractivity contribution is 6.00. The molecular formula is C18H20N2O. The van der Waals surface area contributed by atoms with Crippen molar-refractivity contribution < 1.29 is 4.79 Å². The van der Waals surface area contributed by atoms with Crippen LogP contribution in [0.2, 0.25) is 0 Å². The van der Waals surface area contributed by atoms with Crippen LogP contribution in [0.1, 0.15) is 41.2 Å². The normalized spacial score (nSPS) is 17.3. The van der Waals surface area contributed by atoms with Crippen molar-refractivity contribution in [2.75, 3.05) is 13.1 Å². The summed E-state index contributed by atoms with van der Waals surface area (Å²) in [6, 6.07) is 13.3. The zero-order valence-corrected chi connectivity index (χ0v) is 12.1. The third kappa shape index (κ3) is 3.19. The second-order valence-electron chi connectivity index (χ2n) is 5.51. The molecule has 0 aliphatic carbocycles.